The molecule has 0 radical (unpaired) electrons. The van der Waals surface area contributed by atoms with Gasteiger partial charge in [-0.25, -0.2) is 0 Å². The summed E-state index contributed by atoms with van der Waals surface area (Å²) in [6, 6.07) is 7.66. The van der Waals surface area contributed by atoms with Gasteiger partial charge in [-0.3, -0.25) is 9.48 Å². The number of methoxy groups -OCH3 is 1. The van der Waals surface area contributed by atoms with Crippen molar-refractivity contribution in [3.05, 3.63) is 52.3 Å². The summed E-state index contributed by atoms with van der Waals surface area (Å²) >= 11 is 6.41. The van der Waals surface area contributed by atoms with Crippen molar-refractivity contribution >= 4 is 23.6 Å². The van der Waals surface area contributed by atoms with Crippen LogP contribution in [0.25, 0.3) is 6.08 Å². The van der Waals surface area contributed by atoms with Crippen molar-refractivity contribution < 1.29 is 9.53 Å². The minimum Gasteiger partial charge on any atom is -0.497 e. The fourth-order valence-corrected chi connectivity index (χ4v) is 2.89. The maximum atomic E-state index is 12.4. The summed E-state index contributed by atoms with van der Waals surface area (Å²) in [7, 11) is 3.40. The first-order chi connectivity index (χ1) is 12.3. The number of likely N-dealkylation sites (N-methyl/N-ethyl adjacent to an activating group) is 1. The molecule has 2 aromatic rings. The third-order valence-electron chi connectivity index (χ3n) is 4.00. The third kappa shape index (κ3) is 5.11. The highest BCUT2D eigenvalue weighted by molar-refractivity contribution is 6.31. The van der Waals surface area contributed by atoms with Crippen LogP contribution in [0.1, 0.15) is 30.7 Å². The van der Waals surface area contributed by atoms with Gasteiger partial charge in [-0.05, 0) is 36.6 Å². The van der Waals surface area contributed by atoms with Crippen molar-refractivity contribution in [2.75, 3.05) is 14.2 Å². The van der Waals surface area contributed by atoms with Crippen molar-refractivity contribution in [2.24, 2.45) is 5.92 Å². The van der Waals surface area contributed by atoms with Crippen LogP contribution in [0.4, 0.5) is 0 Å². The Kier molecular flexibility index (Phi) is 6.86. The molecule has 0 aliphatic heterocycles. The van der Waals surface area contributed by atoms with Crippen LogP contribution >= 0.6 is 11.6 Å². The van der Waals surface area contributed by atoms with Gasteiger partial charge in [0.25, 0.3) is 0 Å². The topological polar surface area (TPSA) is 47.4 Å². The van der Waals surface area contributed by atoms with E-state index in [0.717, 1.165) is 29.1 Å². The van der Waals surface area contributed by atoms with Crippen molar-refractivity contribution in [1.29, 1.82) is 0 Å². The second-order valence-corrected chi connectivity index (χ2v) is 7.10. The van der Waals surface area contributed by atoms with Gasteiger partial charge in [-0.1, -0.05) is 37.6 Å². The van der Waals surface area contributed by atoms with Gasteiger partial charge in [-0.2, -0.15) is 5.10 Å². The number of carbonyl (C=O) groups is 1. The maximum absolute atomic E-state index is 12.4. The Labute approximate surface area is 160 Å². The van der Waals surface area contributed by atoms with Gasteiger partial charge < -0.3 is 9.64 Å². The van der Waals surface area contributed by atoms with Crippen molar-refractivity contribution in [3.8, 4) is 5.75 Å². The fraction of sp³-hybridized carbons (Fsp3) is 0.400. The molecule has 0 N–H and O–H groups in total. The molecule has 0 saturated carbocycles. The van der Waals surface area contributed by atoms with E-state index in [0.29, 0.717) is 17.6 Å². The summed E-state index contributed by atoms with van der Waals surface area (Å²) < 4.78 is 6.93. The number of hydrogen-bond donors (Lipinski definition) is 0. The van der Waals surface area contributed by atoms with Crippen LogP contribution in [0, 0.1) is 12.8 Å². The number of halogens is 1. The molecule has 0 unspecified atom stereocenters. The number of nitrogens with zero attached hydrogens (tertiary/aromatic N) is 3. The SMILES string of the molecule is COc1ccc(CN(C)C(=O)/C=C/c2c(C)nn(CC(C)C)c2Cl)cc1. The van der Waals surface area contributed by atoms with Crippen LogP contribution in [0.15, 0.2) is 30.3 Å². The molecule has 0 aliphatic carbocycles. The predicted octanol–water partition coefficient (Wildman–Crippen LogP) is 4.18. The summed E-state index contributed by atoms with van der Waals surface area (Å²) in [6.07, 6.45) is 3.29. The molecule has 140 valence electrons. The number of hydrogen-bond acceptors (Lipinski definition) is 3. The average Bonchev–Trinajstić information content (AvgIpc) is 2.86. The fourth-order valence-electron chi connectivity index (χ4n) is 2.59. The molecule has 6 heteroatoms. The van der Waals surface area contributed by atoms with Crippen LogP contribution in [0.2, 0.25) is 5.15 Å². The lowest BCUT2D eigenvalue weighted by Crippen LogP contribution is -2.24. The molecule has 0 saturated heterocycles. The molecular weight excluding hydrogens is 350 g/mol. The van der Waals surface area contributed by atoms with Crippen molar-refractivity contribution in [3.63, 3.8) is 0 Å². The molecule has 5 nitrogen and oxygen atoms in total. The van der Waals surface area contributed by atoms with Gasteiger partial charge in [0.15, 0.2) is 0 Å². The minimum atomic E-state index is -0.0899. The number of aryl methyl sites for hydroxylation is 1. The number of benzene rings is 1. The lowest BCUT2D eigenvalue weighted by atomic mass is 10.2. The first-order valence-corrected chi connectivity index (χ1v) is 8.98. The molecule has 26 heavy (non-hydrogen) atoms. The van der Waals surface area contributed by atoms with Crippen LogP contribution < -0.4 is 4.74 Å². The van der Waals surface area contributed by atoms with Crippen molar-refractivity contribution in [2.45, 2.75) is 33.9 Å². The summed E-state index contributed by atoms with van der Waals surface area (Å²) in [5, 5.41) is 5.02. The molecule has 2 rings (SSSR count). The predicted molar refractivity (Wildman–Crippen MR) is 105 cm³/mol. The molecule has 1 amide bonds. The molecule has 0 spiro atoms. The quantitative estimate of drug-likeness (QED) is 0.682. The van der Waals surface area contributed by atoms with E-state index in [2.05, 4.69) is 18.9 Å². The molecule has 1 heterocycles. The Bertz CT molecular complexity index is 779. The molecule has 1 aromatic carbocycles. The van der Waals surface area contributed by atoms with Gasteiger partial charge >= 0.3 is 0 Å². The molecule has 0 aliphatic rings. The van der Waals surface area contributed by atoms with Gasteiger partial charge in [0, 0.05) is 31.8 Å². The summed E-state index contributed by atoms with van der Waals surface area (Å²) in [5.74, 6) is 1.15. The summed E-state index contributed by atoms with van der Waals surface area (Å²) in [5.41, 5.74) is 2.64. The Balaban J connectivity index is 2.05. The van der Waals surface area contributed by atoms with Gasteiger partial charge in [-0.15, -0.1) is 0 Å². The lowest BCUT2D eigenvalue weighted by molar-refractivity contribution is -0.125. The third-order valence-corrected chi connectivity index (χ3v) is 4.39. The number of rotatable bonds is 7. The lowest BCUT2D eigenvalue weighted by Gasteiger charge is -2.15. The zero-order valence-corrected chi connectivity index (χ0v) is 16.7. The highest BCUT2D eigenvalue weighted by Crippen LogP contribution is 2.22. The molecule has 1 aromatic heterocycles. The Morgan fingerprint density at radius 1 is 1.35 bits per heavy atom. The van der Waals surface area contributed by atoms with E-state index in [1.54, 1.807) is 35.9 Å². The van der Waals surface area contributed by atoms with Gasteiger partial charge in [0.2, 0.25) is 5.91 Å². The van der Waals surface area contributed by atoms with E-state index in [1.165, 1.54) is 0 Å². The van der Waals surface area contributed by atoms with Gasteiger partial charge in [0.05, 0.1) is 12.8 Å². The van der Waals surface area contributed by atoms with E-state index in [4.69, 9.17) is 16.3 Å². The van der Waals surface area contributed by atoms with Crippen molar-refractivity contribution in [1.82, 2.24) is 14.7 Å². The Hall–Kier alpha value is -2.27. The standard InChI is InChI=1S/C20H26ClN3O2/c1-14(2)12-24-20(21)18(15(3)22-24)10-11-19(25)23(4)13-16-6-8-17(26-5)9-7-16/h6-11,14H,12-13H2,1-5H3/b11-10+. The number of carbonyl (C=O) groups excluding carboxylic acids is 1. The van der Waals surface area contributed by atoms with E-state index in [-0.39, 0.29) is 5.91 Å². The highest BCUT2D eigenvalue weighted by atomic mass is 35.5. The van der Waals surface area contributed by atoms with Crippen LogP contribution in [0.3, 0.4) is 0 Å². The number of aromatic nitrogens is 2. The second kappa shape index (κ2) is 8.90. The van der Waals surface area contributed by atoms with E-state index in [9.17, 15) is 4.79 Å². The largest absolute Gasteiger partial charge is 0.497 e. The molecular formula is C20H26ClN3O2. The monoisotopic (exact) mass is 375 g/mol. The van der Waals surface area contributed by atoms with E-state index in [1.807, 2.05) is 31.2 Å². The number of amides is 1. The second-order valence-electron chi connectivity index (χ2n) is 6.74. The first-order valence-electron chi connectivity index (χ1n) is 8.60. The number of ether oxygens (including phenoxy) is 1. The minimum absolute atomic E-state index is 0.0899. The smallest absolute Gasteiger partial charge is 0.246 e. The Morgan fingerprint density at radius 3 is 2.58 bits per heavy atom. The Morgan fingerprint density at radius 2 is 2.00 bits per heavy atom. The first kappa shape index (κ1) is 20.0. The van der Waals surface area contributed by atoms with Crippen LogP contribution in [-0.4, -0.2) is 34.7 Å². The van der Waals surface area contributed by atoms with Gasteiger partial charge in [0.1, 0.15) is 10.9 Å². The molecule has 0 atom stereocenters. The summed E-state index contributed by atoms with van der Waals surface area (Å²) in [4.78, 5) is 14.0. The average molecular weight is 376 g/mol. The summed E-state index contributed by atoms with van der Waals surface area (Å²) in [6.45, 7) is 7.39. The zero-order chi connectivity index (χ0) is 19.3. The zero-order valence-electron chi connectivity index (χ0n) is 16.0. The highest BCUT2D eigenvalue weighted by Gasteiger charge is 2.13. The van der Waals surface area contributed by atoms with E-state index >= 15 is 0 Å². The van der Waals surface area contributed by atoms with Crippen LogP contribution in [0.5, 0.6) is 5.75 Å². The van der Waals surface area contributed by atoms with E-state index < -0.39 is 0 Å². The normalized spacial score (nSPS) is 11.3. The molecule has 0 bridgehead atoms. The maximum Gasteiger partial charge on any atom is 0.246 e. The van der Waals surface area contributed by atoms with Crippen LogP contribution in [-0.2, 0) is 17.9 Å². The molecule has 0 fully saturated rings.